The molecule has 2 aliphatic rings. The van der Waals surface area contributed by atoms with Crippen molar-refractivity contribution >= 4 is 6.21 Å². The lowest BCUT2D eigenvalue weighted by molar-refractivity contribution is 0.342. The fourth-order valence-electron chi connectivity index (χ4n) is 3.91. The highest BCUT2D eigenvalue weighted by Gasteiger charge is 2.34. The Kier molecular flexibility index (Phi) is 3.82. The standard InChI is InChI=1S/C18H25NO/c1-14-5-2-8-16(17(14)20)13-19-18-10-3-6-15(9-12-18)7-4-11-18/h2,5,8,13,15,20H,3-4,6-7,9-12H2,1H3. The Morgan fingerprint density at radius 3 is 2.65 bits per heavy atom. The number of benzene rings is 1. The molecule has 0 amide bonds. The van der Waals surface area contributed by atoms with Crippen molar-refractivity contribution in [1.82, 2.24) is 0 Å². The molecule has 3 rings (SSSR count). The van der Waals surface area contributed by atoms with E-state index in [9.17, 15) is 5.11 Å². The van der Waals surface area contributed by atoms with Crippen LogP contribution in [0.4, 0.5) is 0 Å². The minimum absolute atomic E-state index is 0.154. The number of phenols is 1. The van der Waals surface area contributed by atoms with E-state index in [4.69, 9.17) is 4.99 Å². The molecule has 1 aromatic rings. The summed E-state index contributed by atoms with van der Waals surface area (Å²) >= 11 is 0. The third-order valence-electron chi connectivity index (χ3n) is 5.27. The van der Waals surface area contributed by atoms with Crippen LogP contribution in [0.5, 0.6) is 5.75 Å². The Bertz CT molecular complexity index is 496. The number of rotatable bonds is 2. The number of para-hydroxylation sites is 1. The highest BCUT2D eigenvalue weighted by Crippen LogP contribution is 2.42. The summed E-state index contributed by atoms with van der Waals surface area (Å²) in [4.78, 5) is 4.98. The summed E-state index contributed by atoms with van der Waals surface area (Å²) in [5.74, 6) is 1.33. The summed E-state index contributed by atoms with van der Waals surface area (Å²) in [7, 11) is 0. The lowest BCUT2D eigenvalue weighted by Crippen LogP contribution is -2.25. The normalized spacial score (nSPS) is 30.4. The smallest absolute Gasteiger partial charge is 0.127 e. The quantitative estimate of drug-likeness (QED) is 0.782. The summed E-state index contributed by atoms with van der Waals surface area (Å²) in [6, 6.07) is 5.88. The molecule has 20 heavy (non-hydrogen) atoms. The molecular weight excluding hydrogens is 246 g/mol. The first-order valence-corrected chi connectivity index (χ1v) is 8.02. The van der Waals surface area contributed by atoms with Crippen molar-refractivity contribution in [2.24, 2.45) is 10.9 Å². The van der Waals surface area contributed by atoms with E-state index in [0.29, 0.717) is 5.75 Å². The zero-order chi connectivity index (χ0) is 14.0. The van der Waals surface area contributed by atoms with E-state index in [1.54, 1.807) is 0 Å². The first-order valence-electron chi connectivity index (χ1n) is 8.02. The first kappa shape index (κ1) is 13.7. The van der Waals surface area contributed by atoms with Crippen LogP contribution in [0.3, 0.4) is 0 Å². The van der Waals surface area contributed by atoms with Gasteiger partial charge in [-0.1, -0.05) is 37.8 Å². The Morgan fingerprint density at radius 2 is 1.90 bits per heavy atom. The van der Waals surface area contributed by atoms with Crippen LogP contribution >= 0.6 is 0 Å². The van der Waals surface area contributed by atoms with Gasteiger partial charge in [-0.15, -0.1) is 0 Å². The number of nitrogens with zero attached hydrogens (tertiary/aromatic N) is 1. The molecule has 1 N–H and O–H groups in total. The van der Waals surface area contributed by atoms with Crippen LogP contribution in [0.2, 0.25) is 0 Å². The number of hydrogen-bond donors (Lipinski definition) is 1. The predicted molar refractivity (Wildman–Crippen MR) is 83.6 cm³/mol. The summed E-state index contributed by atoms with van der Waals surface area (Å²) < 4.78 is 0. The van der Waals surface area contributed by atoms with Gasteiger partial charge in [0.15, 0.2) is 0 Å². The Labute approximate surface area is 121 Å². The third-order valence-corrected chi connectivity index (χ3v) is 5.27. The van der Waals surface area contributed by atoms with Gasteiger partial charge in [-0.2, -0.15) is 0 Å². The Morgan fingerprint density at radius 1 is 1.15 bits per heavy atom. The molecule has 2 aliphatic carbocycles. The van der Waals surface area contributed by atoms with Crippen molar-refractivity contribution in [2.45, 2.75) is 63.8 Å². The second-order valence-electron chi connectivity index (χ2n) is 6.68. The number of hydrogen-bond acceptors (Lipinski definition) is 2. The van der Waals surface area contributed by atoms with E-state index in [2.05, 4.69) is 0 Å². The molecule has 0 heterocycles. The molecule has 0 atom stereocenters. The average molecular weight is 271 g/mol. The van der Waals surface area contributed by atoms with Crippen LogP contribution in [0.1, 0.15) is 62.5 Å². The molecule has 0 radical (unpaired) electrons. The fourth-order valence-corrected chi connectivity index (χ4v) is 3.91. The van der Waals surface area contributed by atoms with Crippen molar-refractivity contribution < 1.29 is 5.11 Å². The lowest BCUT2D eigenvalue weighted by atomic mass is 9.86. The van der Waals surface area contributed by atoms with E-state index >= 15 is 0 Å². The van der Waals surface area contributed by atoms with Gasteiger partial charge < -0.3 is 5.11 Å². The predicted octanol–water partition coefficient (Wildman–Crippen LogP) is 4.62. The number of aryl methyl sites for hydroxylation is 1. The number of phenolic OH excluding ortho intramolecular Hbond substituents is 1. The summed E-state index contributed by atoms with van der Waals surface area (Å²) in [5.41, 5.74) is 1.94. The van der Waals surface area contributed by atoms with Gasteiger partial charge in [0.25, 0.3) is 0 Å². The SMILES string of the molecule is Cc1cccc(C=NC23CCCC(CCC2)CC3)c1O. The van der Waals surface area contributed by atoms with Gasteiger partial charge in [0.1, 0.15) is 5.75 Å². The van der Waals surface area contributed by atoms with Crippen molar-refractivity contribution in [1.29, 1.82) is 0 Å². The Balaban J connectivity index is 1.84. The zero-order valence-electron chi connectivity index (χ0n) is 12.4. The molecule has 0 unspecified atom stereocenters. The van der Waals surface area contributed by atoms with E-state index in [1.807, 2.05) is 31.3 Å². The van der Waals surface area contributed by atoms with Crippen molar-refractivity contribution in [2.75, 3.05) is 0 Å². The van der Waals surface area contributed by atoms with Gasteiger partial charge in [-0.05, 0) is 50.2 Å². The summed E-state index contributed by atoms with van der Waals surface area (Å²) in [5, 5.41) is 10.1. The maximum absolute atomic E-state index is 10.1. The molecule has 2 bridgehead atoms. The monoisotopic (exact) mass is 271 g/mol. The van der Waals surface area contributed by atoms with Crippen molar-refractivity contribution in [3.63, 3.8) is 0 Å². The van der Waals surface area contributed by atoms with Crippen molar-refractivity contribution in [3.8, 4) is 5.75 Å². The maximum atomic E-state index is 10.1. The van der Waals surface area contributed by atoms with Crippen LogP contribution in [-0.2, 0) is 0 Å². The fraction of sp³-hybridized carbons (Fsp3) is 0.611. The van der Waals surface area contributed by atoms with Crippen LogP contribution in [-0.4, -0.2) is 16.9 Å². The van der Waals surface area contributed by atoms with Crippen LogP contribution in [0, 0.1) is 12.8 Å². The number of aromatic hydroxyl groups is 1. The van der Waals surface area contributed by atoms with Crippen LogP contribution in [0.25, 0.3) is 0 Å². The average Bonchev–Trinajstić information content (AvgIpc) is 2.74. The van der Waals surface area contributed by atoms with E-state index in [1.165, 1.54) is 51.4 Å². The van der Waals surface area contributed by atoms with E-state index in [-0.39, 0.29) is 5.54 Å². The first-order chi connectivity index (χ1) is 9.69. The number of aliphatic imine (C=N–C) groups is 1. The molecule has 1 aromatic carbocycles. The minimum Gasteiger partial charge on any atom is -0.507 e. The molecule has 2 nitrogen and oxygen atoms in total. The molecule has 0 aromatic heterocycles. The van der Waals surface area contributed by atoms with Gasteiger partial charge in [0.05, 0.1) is 5.54 Å². The topological polar surface area (TPSA) is 32.6 Å². The van der Waals surface area contributed by atoms with Gasteiger partial charge in [0, 0.05) is 11.8 Å². The minimum atomic E-state index is 0.154. The zero-order valence-corrected chi connectivity index (χ0v) is 12.4. The molecule has 0 spiro atoms. The molecule has 108 valence electrons. The molecule has 2 fully saturated rings. The molecule has 0 aliphatic heterocycles. The third kappa shape index (κ3) is 2.74. The van der Waals surface area contributed by atoms with Crippen LogP contribution < -0.4 is 0 Å². The second kappa shape index (κ2) is 5.59. The van der Waals surface area contributed by atoms with E-state index < -0.39 is 0 Å². The Hall–Kier alpha value is -1.31. The van der Waals surface area contributed by atoms with E-state index in [0.717, 1.165) is 17.0 Å². The van der Waals surface area contributed by atoms with Crippen LogP contribution in [0.15, 0.2) is 23.2 Å². The lowest BCUT2D eigenvalue weighted by Gasteiger charge is -2.28. The van der Waals surface area contributed by atoms with Gasteiger partial charge in [-0.3, -0.25) is 4.99 Å². The number of fused-ring (bicyclic) bond motifs is 3. The van der Waals surface area contributed by atoms with Gasteiger partial charge >= 0.3 is 0 Å². The summed E-state index contributed by atoms with van der Waals surface area (Å²) in [6.45, 7) is 1.94. The van der Waals surface area contributed by atoms with Crippen molar-refractivity contribution in [3.05, 3.63) is 29.3 Å². The molecule has 2 saturated carbocycles. The highest BCUT2D eigenvalue weighted by atomic mass is 16.3. The molecular formula is C18H25NO. The maximum Gasteiger partial charge on any atom is 0.127 e. The van der Waals surface area contributed by atoms with Gasteiger partial charge in [-0.25, -0.2) is 0 Å². The summed E-state index contributed by atoms with van der Waals surface area (Å²) in [6.07, 6.45) is 12.4. The molecule has 2 heteroatoms. The highest BCUT2D eigenvalue weighted by molar-refractivity contribution is 5.84. The van der Waals surface area contributed by atoms with Gasteiger partial charge in [0.2, 0.25) is 0 Å². The molecule has 0 saturated heterocycles. The largest absolute Gasteiger partial charge is 0.507 e. The second-order valence-corrected chi connectivity index (χ2v) is 6.68.